The number of nitrogens with two attached hydrogens (primary N) is 1. The SMILES string of the molecule is C=C.CC.CC.FC1CCC(N2CCC(Cc3ccc(C4=NN=C(C(F)F)C4)cc3)CC2)CC1.Nc1cccc(Cl)c1. The van der Waals surface area contributed by atoms with Gasteiger partial charge in [-0.2, -0.15) is 10.2 Å². The van der Waals surface area contributed by atoms with E-state index in [9.17, 15) is 13.2 Å². The molecule has 2 aliphatic heterocycles. The molecule has 0 bridgehead atoms. The lowest BCUT2D eigenvalue weighted by molar-refractivity contribution is 0.0856. The lowest BCUT2D eigenvalue weighted by atomic mass is 9.86. The van der Waals surface area contributed by atoms with Gasteiger partial charge < -0.3 is 10.6 Å². The van der Waals surface area contributed by atoms with Gasteiger partial charge in [0, 0.05) is 23.2 Å². The molecular weight excluding hydrogens is 557 g/mol. The van der Waals surface area contributed by atoms with E-state index in [-0.39, 0.29) is 12.1 Å². The van der Waals surface area contributed by atoms with Crippen LogP contribution in [-0.4, -0.2) is 48.1 Å². The average Bonchev–Trinajstić information content (AvgIpc) is 3.53. The average molecular weight is 607 g/mol. The number of hydrogen-bond acceptors (Lipinski definition) is 4. The zero-order chi connectivity index (χ0) is 31.5. The van der Waals surface area contributed by atoms with Gasteiger partial charge in [0.1, 0.15) is 11.9 Å². The van der Waals surface area contributed by atoms with Crippen molar-refractivity contribution in [1.82, 2.24) is 4.90 Å². The molecule has 0 aromatic heterocycles. The molecule has 5 rings (SSSR count). The summed E-state index contributed by atoms with van der Waals surface area (Å²) in [5.41, 5.74) is 8.72. The van der Waals surface area contributed by atoms with Crippen molar-refractivity contribution in [2.45, 2.75) is 97.7 Å². The van der Waals surface area contributed by atoms with E-state index >= 15 is 0 Å². The lowest BCUT2D eigenvalue weighted by Crippen LogP contribution is -2.43. The van der Waals surface area contributed by atoms with E-state index in [1.807, 2.05) is 45.9 Å². The topological polar surface area (TPSA) is 54.0 Å². The second-order valence-corrected chi connectivity index (χ2v) is 10.4. The van der Waals surface area contributed by atoms with Crippen LogP contribution in [0.2, 0.25) is 5.02 Å². The van der Waals surface area contributed by atoms with E-state index in [1.54, 1.807) is 18.2 Å². The molecule has 0 atom stereocenters. The summed E-state index contributed by atoms with van der Waals surface area (Å²) in [5, 5.41) is 8.18. The molecule has 2 N–H and O–H groups in total. The first-order valence-electron chi connectivity index (χ1n) is 15.3. The molecule has 4 nitrogen and oxygen atoms in total. The highest BCUT2D eigenvalue weighted by atomic mass is 35.5. The minimum absolute atomic E-state index is 0.139. The first-order chi connectivity index (χ1) is 20.4. The minimum Gasteiger partial charge on any atom is -0.399 e. The van der Waals surface area contributed by atoms with Crippen molar-refractivity contribution in [2.24, 2.45) is 16.1 Å². The van der Waals surface area contributed by atoms with E-state index in [4.69, 9.17) is 17.3 Å². The van der Waals surface area contributed by atoms with Crippen LogP contribution < -0.4 is 5.73 Å². The van der Waals surface area contributed by atoms with E-state index in [0.29, 0.717) is 28.4 Å². The molecule has 2 aromatic carbocycles. The Bertz CT molecular complexity index is 1040. The van der Waals surface area contributed by atoms with Crippen LogP contribution in [0, 0.1) is 5.92 Å². The van der Waals surface area contributed by atoms with Crippen LogP contribution in [0.3, 0.4) is 0 Å². The fourth-order valence-electron chi connectivity index (χ4n) is 5.24. The van der Waals surface area contributed by atoms with Gasteiger partial charge in [-0.25, -0.2) is 13.2 Å². The van der Waals surface area contributed by atoms with Crippen LogP contribution in [0.4, 0.5) is 18.9 Å². The maximum absolute atomic E-state index is 13.3. The highest BCUT2D eigenvalue weighted by molar-refractivity contribution is 6.30. The Morgan fingerprint density at radius 1 is 0.905 bits per heavy atom. The van der Waals surface area contributed by atoms with Gasteiger partial charge in [0.25, 0.3) is 6.43 Å². The summed E-state index contributed by atoms with van der Waals surface area (Å²) in [6.45, 7) is 16.2. The summed E-state index contributed by atoms with van der Waals surface area (Å²) in [6.07, 6.45) is 3.93. The molecule has 2 heterocycles. The minimum atomic E-state index is -2.53. The van der Waals surface area contributed by atoms with Crippen molar-refractivity contribution < 1.29 is 13.2 Å². The van der Waals surface area contributed by atoms with Crippen molar-refractivity contribution >= 4 is 28.7 Å². The Kier molecular flexibility index (Phi) is 18.8. The molecule has 0 spiro atoms. The van der Waals surface area contributed by atoms with Crippen molar-refractivity contribution in [3.63, 3.8) is 0 Å². The number of likely N-dealkylation sites (tertiary alicyclic amines) is 1. The van der Waals surface area contributed by atoms with Crippen molar-refractivity contribution in [2.75, 3.05) is 18.8 Å². The van der Waals surface area contributed by atoms with Gasteiger partial charge in [-0.15, -0.1) is 13.2 Å². The zero-order valence-electron chi connectivity index (χ0n) is 25.8. The molecule has 3 aliphatic rings. The molecule has 1 saturated heterocycles. The number of nitrogens with zero attached hydrogens (tertiary/aromatic N) is 3. The van der Waals surface area contributed by atoms with Gasteiger partial charge >= 0.3 is 0 Å². The van der Waals surface area contributed by atoms with E-state index in [2.05, 4.69) is 40.4 Å². The molecule has 2 fully saturated rings. The van der Waals surface area contributed by atoms with Crippen LogP contribution in [0.25, 0.3) is 0 Å². The quantitative estimate of drug-likeness (QED) is 0.272. The van der Waals surface area contributed by atoms with Gasteiger partial charge in [0.15, 0.2) is 0 Å². The number of halogens is 4. The largest absolute Gasteiger partial charge is 0.399 e. The summed E-state index contributed by atoms with van der Waals surface area (Å²) in [7, 11) is 0. The maximum Gasteiger partial charge on any atom is 0.278 e. The summed E-state index contributed by atoms with van der Waals surface area (Å²) >= 11 is 5.56. The van der Waals surface area contributed by atoms with Crippen LogP contribution in [0.15, 0.2) is 71.9 Å². The fraction of sp³-hybridized carbons (Fsp3) is 0.529. The number of piperidine rings is 1. The monoisotopic (exact) mass is 606 g/mol. The molecule has 1 aliphatic carbocycles. The van der Waals surface area contributed by atoms with Crippen molar-refractivity contribution in [3.05, 3.63) is 77.8 Å². The molecule has 0 amide bonds. The smallest absolute Gasteiger partial charge is 0.278 e. The van der Waals surface area contributed by atoms with Crippen LogP contribution in [-0.2, 0) is 6.42 Å². The fourth-order valence-corrected chi connectivity index (χ4v) is 5.44. The molecular formula is C34H50ClF3N4. The Morgan fingerprint density at radius 2 is 1.50 bits per heavy atom. The Morgan fingerprint density at radius 3 is 1.98 bits per heavy atom. The number of alkyl halides is 3. The third-order valence-electron chi connectivity index (χ3n) is 7.35. The third kappa shape index (κ3) is 12.7. The summed E-state index contributed by atoms with van der Waals surface area (Å²) in [5.74, 6) is 0.678. The lowest BCUT2D eigenvalue weighted by Gasteiger charge is -2.40. The van der Waals surface area contributed by atoms with Crippen LogP contribution >= 0.6 is 11.6 Å². The second-order valence-electron chi connectivity index (χ2n) is 9.96. The first kappa shape index (κ1) is 37.4. The Hall–Kier alpha value is -2.64. The highest BCUT2D eigenvalue weighted by Gasteiger charge is 2.29. The number of rotatable bonds is 5. The normalized spacial score (nSPS) is 20.2. The number of benzene rings is 2. The molecule has 1 saturated carbocycles. The van der Waals surface area contributed by atoms with E-state index in [0.717, 1.165) is 50.8 Å². The molecule has 0 unspecified atom stereocenters. The predicted octanol–water partition coefficient (Wildman–Crippen LogP) is 9.81. The van der Waals surface area contributed by atoms with Gasteiger partial charge in [0.05, 0.1) is 5.71 Å². The molecule has 234 valence electrons. The number of nitrogen functional groups attached to an aromatic ring is 1. The van der Waals surface area contributed by atoms with E-state index in [1.165, 1.54) is 18.4 Å². The zero-order valence-corrected chi connectivity index (χ0v) is 26.6. The summed E-state index contributed by atoms with van der Waals surface area (Å²) < 4.78 is 38.7. The first-order valence-corrected chi connectivity index (χ1v) is 15.6. The number of hydrogen-bond donors (Lipinski definition) is 1. The summed E-state index contributed by atoms with van der Waals surface area (Å²) in [4.78, 5) is 2.57. The second kappa shape index (κ2) is 21.1. The van der Waals surface area contributed by atoms with Crippen molar-refractivity contribution in [1.29, 1.82) is 0 Å². The predicted molar refractivity (Wildman–Crippen MR) is 176 cm³/mol. The third-order valence-corrected chi connectivity index (χ3v) is 7.59. The van der Waals surface area contributed by atoms with Crippen molar-refractivity contribution in [3.8, 4) is 0 Å². The number of anilines is 1. The molecule has 42 heavy (non-hydrogen) atoms. The Labute approximate surface area is 256 Å². The summed E-state index contributed by atoms with van der Waals surface area (Å²) in [6, 6.07) is 15.8. The van der Waals surface area contributed by atoms with E-state index < -0.39 is 12.6 Å². The standard InChI is InChI=1S/C22H28F3N3.C6H6ClN.2C2H6.C2H4/c23-18-5-7-19(8-6-18)28-11-9-16(10-12-28)13-15-1-3-17(4-2-15)20-14-21(22(24)25)27-26-20;7-5-2-1-3-6(8)4-5;3*1-2/h1-4,16,18-19,22H,5-14H2;1-4H,8H2;2*1-2H3;1-2H2. The molecule has 8 heteroatoms. The van der Waals surface area contributed by atoms with Crippen LogP contribution in [0.5, 0.6) is 0 Å². The van der Waals surface area contributed by atoms with Crippen LogP contribution in [0.1, 0.15) is 83.8 Å². The van der Waals surface area contributed by atoms with Gasteiger partial charge in [0.2, 0.25) is 0 Å². The molecule has 2 aromatic rings. The molecule has 0 radical (unpaired) electrons. The van der Waals surface area contributed by atoms with Gasteiger partial charge in [-0.3, -0.25) is 0 Å². The van der Waals surface area contributed by atoms with Gasteiger partial charge in [-0.05, 0) is 93.3 Å². The maximum atomic E-state index is 13.3. The van der Waals surface area contributed by atoms with Gasteiger partial charge in [-0.1, -0.05) is 69.6 Å². The Balaban J connectivity index is 0.000000530. The highest BCUT2D eigenvalue weighted by Crippen LogP contribution is 2.30.